The van der Waals surface area contributed by atoms with Crippen molar-refractivity contribution in [2.24, 2.45) is 0 Å². The van der Waals surface area contributed by atoms with E-state index in [9.17, 15) is 10.2 Å². The van der Waals surface area contributed by atoms with Gasteiger partial charge in [-0.2, -0.15) is 0 Å². The lowest BCUT2D eigenvalue weighted by Gasteiger charge is -2.24. The second-order valence-corrected chi connectivity index (χ2v) is 4.56. The molecule has 0 heterocycles. The Labute approximate surface area is 105 Å². The molecule has 2 aromatic carbocycles. The maximum Gasteiger partial charge on any atom is 0.115 e. The largest absolute Gasteiger partial charge is 0.508 e. The Bertz CT molecular complexity index is 453. The van der Waals surface area contributed by atoms with Crippen LogP contribution in [0.3, 0.4) is 0 Å². The van der Waals surface area contributed by atoms with Gasteiger partial charge in [-0.15, -0.1) is 0 Å². The van der Waals surface area contributed by atoms with Gasteiger partial charge < -0.3 is 10.2 Å². The van der Waals surface area contributed by atoms with E-state index in [4.69, 9.17) is 11.6 Å². The van der Waals surface area contributed by atoms with E-state index in [1.165, 1.54) is 0 Å². The first-order valence-electron chi connectivity index (χ1n) is 5.28. The number of aromatic hydroxyl groups is 1. The minimum atomic E-state index is -1.10. The SMILES string of the molecule is CC(O)(c1ccc(O)cc1)c1ccc(Cl)cc1. The van der Waals surface area contributed by atoms with Crippen LogP contribution in [0.15, 0.2) is 48.5 Å². The standard InChI is InChI=1S/C14H13ClO2/c1-14(17,10-2-6-12(15)7-3-10)11-4-8-13(16)9-5-11/h2-9,16-17H,1H3. The van der Waals surface area contributed by atoms with Crippen molar-refractivity contribution in [1.82, 2.24) is 0 Å². The molecule has 0 aliphatic carbocycles. The zero-order valence-corrected chi connectivity index (χ0v) is 10.1. The van der Waals surface area contributed by atoms with Gasteiger partial charge in [0.2, 0.25) is 0 Å². The summed E-state index contributed by atoms with van der Waals surface area (Å²) < 4.78 is 0. The highest BCUT2D eigenvalue weighted by Gasteiger charge is 2.25. The third-order valence-corrected chi connectivity index (χ3v) is 3.09. The number of phenolic OH excluding ortho intramolecular Hbond substituents is 1. The smallest absolute Gasteiger partial charge is 0.115 e. The molecule has 0 amide bonds. The Kier molecular flexibility index (Phi) is 3.09. The van der Waals surface area contributed by atoms with Gasteiger partial charge >= 0.3 is 0 Å². The maximum atomic E-state index is 10.5. The summed E-state index contributed by atoms with van der Waals surface area (Å²) in [5.74, 6) is 0.181. The quantitative estimate of drug-likeness (QED) is 0.856. The van der Waals surface area contributed by atoms with E-state index in [1.54, 1.807) is 55.5 Å². The summed E-state index contributed by atoms with van der Waals surface area (Å²) in [6, 6.07) is 13.6. The zero-order chi connectivity index (χ0) is 12.5. The topological polar surface area (TPSA) is 40.5 Å². The van der Waals surface area contributed by atoms with Gasteiger partial charge in [0.1, 0.15) is 11.4 Å². The van der Waals surface area contributed by atoms with Gasteiger partial charge in [-0.3, -0.25) is 0 Å². The summed E-state index contributed by atoms with van der Waals surface area (Å²) in [7, 11) is 0. The van der Waals surface area contributed by atoms with E-state index in [1.807, 2.05) is 0 Å². The molecule has 1 atom stereocenters. The van der Waals surface area contributed by atoms with Crippen molar-refractivity contribution in [3.05, 3.63) is 64.7 Å². The van der Waals surface area contributed by atoms with Crippen LogP contribution >= 0.6 is 11.6 Å². The fraction of sp³-hybridized carbons (Fsp3) is 0.143. The van der Waals surface area contributed by atoms with Crippen LogP contribution in [0.1, 0.15) is 18.1 Å². The molecule has 2 aromatic rings. The molecule has 0 fully saturated rings. The Morgan fingerprint density at radius 3 is 1.76 bits per heavy atom. The van der Waals surface area contributed by atoms with Crippen molar-refractivity contribution < 1.29 is 10.2 Å². The van der Waals surface area contributed by atoms with Crippen LogP contribution in [-0.4, -0.2) is 10.2 Å². The molecule has 2 N–H and O–H groups in total. The van der Waals surface area contributed by atoms with Crippen LogP contribution < -0.4 is 0 Å². The van der Waals surface area contributed by atoms with Crippen LogP contribution in [0.5, 0.6) is 5.75 Å². The van der Waals surface area contributed by atoms with Crippen LogP contribution in [0, 0.1) is 0 Å². The molecule has 0 saturated heterocycles. The minimum absolute atomic E-state index is 0.181. The first-order valence-corrected chi connectivity index (χ1v) is 5.66. The van der Waals surface area contributed by atoms with Gasteiger partial charge in [-0.25, -0.2) is 0 Å². The average molecular weight is 249 g/mol. The molecule has 0 aliphatic rings. The molecular weight excluding hydrogens is 236 g/mol. The summed E-state index contributed by atoms with van der Waals surface area (Å²) in [6.45, 7) is 1.71. The fourth-order valence-corrected chi connectivity index (χ4v) is 1.85. The predicted molar refractivity (Wildman–Crippen MR) is 68.2 cm³/mol. The average Bonchev–Trinajstić information content (AvgIpc) is 2.30. The number of benzene rings is 2. The molecular formula is C14H13ClO2. The minimum Gasteiger partial charge on any atom is -0.508 e. The van der Waals surface area contributed by atoms with E-state index < -0.39 is 5.60 Å². The molecule has 1 unspecified atom stereocenters. The summed E-state index contributed by atoms with van der Waals surface area (Å²) in [5, 5.41) is 20.4. The maximum absolute atomic E-state index is 10.5. The molecule has 2 rings (SSSR count). The lowest BCUT2D eigenvalue weighted by molar-refractivity contribution is 0.102. The number of phenols is 1. The molecule has 0 saturated carbocycles. The number of hydrogen-bond donors (Lipinski definition) is 2. The number of aliphatic hydroxyl groups is 1. The molecule has 2 nitrogen and oxygen atoms in total. The van der Waals surface area contributed by atoms with Crippen molar-refractivity contribution in [3.63, 3.8) is 0 Å². The summed E-state index contributed by atoms with van der Waals surface area (Å²) >= 11 is 5.81. The van der Waals surface area contributed by atoms with Crippen molar-refractivity contribution in [3.8, 4) is 5.75 Å². The van der Waals surface area contributed by atoms with Crippen molar-refractivity contribution in [2.75, 3.05) is 0 Å². The Morgan fingerprint density at radius 1 is 0.882 bits per heavy atom. The zero-order valence-electron chi connectivity index (χ0n) is 9.39. The molecule has 0 spiro atoms. The highest BCUT2D eigenvalue weighted by molar-refractivity contribution is 6.30. The number of rotatable bonds is 2. The molecule has 0 aromatic heterocycles. The monoisotopic (exact) mass is 248 g/mol. The predicted octanol–water partition coefficient (Wildman–Crippen LogP) is 3.30. The van der Waals surface area contributed by atoms with Crippen molar-refractivity contribution >= 4 is 11.6 Å². The van der Waals surface area contributed by atoms with E-state index in [0.29, 0.717) is 5.02 Å². The second-order valence-electron chi connectivity index (χ2n) is 4.13. The first kappa shape index (κ1) is 12.0. The fourth-order valence-electron chi connectivity index (χ4n) is 1.73. The van der Waals surface area contributed by atoms with Gasteiger partial charge in [0.15, 0.2) is 0 Å². The molecule has 88 valence electrons. The van der Waals surface area contributed by atoms with Crippen molar-refractivity contribution in [1.29, 1.82) is 0 Å². The normalized spacial score (nSPS) is 14.3. The van der Waals surface area contributed by atoms with Crippen LogP contribution in [-0.2, 0) is 5.60 Å². The Balaban J connectivity index is 2.41. The van der Waals surface area contributed by atoms with Crippen LogP contribution in [0.25, 0.3) is 0 Å². The van der Waals surface area contributed by atoms with Crippen LogP contribution in [0.4, 0.5) is 0 Å². The molecule has 0 aliphatic heterocycles. The van der Waals surface area contributed by atoms with Gasteiger partial charge in [-0.05, 0) is 42.3 Å². The lowest BCUT2D eigenvalue weighted by atomic mass is 9.88. The molecule has 17 heavy (non-hydrogen) atoms. The van der Waals surface area contributed by atoms with Gasteiger partial charge in [0.25, 0.3) is 0 Å². The molecule has 0 radical (unpaired) electrons. The molecule has 3 heteroatoms. The first-order chi connectivity index (χ1) is 8.00. The lowest BCUT2D eigenvalue weighted by Crippen LogP contribution is -2.22. The number of hydrogen-bond acceptors (Lipinski definition) is 2. The third kappa shape index (κ3) is 2.43. The second kappa shape index (κ2) is 4.40. The summed E-state index contributed by atoms with van der Waals surface area (Å²) in [4.78, 5) is 0. The third-order valence-electron chi connectivity index (χ3n) is 2.84. The molecule has 0 bridgehead atoms. The highest BCUT2D eigenvalue weighted by Crippen LogP contribution is 2.30. The van der Waals surface area contributed by atoms with E-state index in [2.05, 4.69) is 0 Å². The van der Waals surface area contributed by atoms with Gasteiger partial charge in [0, 0.05) is 5.02 Å². The summed E-state index contributed by atoms with van der Waals surface area (Å²) in [5.41, 5.74) is 0.378. The van der Waals surface area contributed by atoms with E-state index in [0.717, 1.165) is 11.1 Å². The van der Waals surface area contributed by atoms with Gasteiger partial charge in [-0.1, -0.05) is 35.9 Å². The van der Waals surface area contributed by atoms with Gasteiger partial charge in [0.05, 0.1) is 0 Å². The van der Waals surface area contributed by atoms with Crippen LogP contribution in [0.2, 0.25) is 5.02 Å². The Hall–Kier alpha value is -1.51. The van der Waals surface area contributed by atoms with E-state index >= 15 is 0 Å². The summed E-state index contributed by atoms with van der Waals surface area (Å²) in [6.07, 6.45) is 0. The number of halogens is 1. The highest BCUT2D eigenvalue weighted by atomic mass is 35.5. The van der Waals surface area contributed by atoms with Crippen molar-refractivity contribution in [2.45, 2.75) is 12.5 Å². The Morgan fingerprint density at radius 2 is 1.29 bits per heavy atom. The van der Waals surface area contributed by atoms with E-state index in [-0.39, 0.29) is 5.75 Å².